The molecule has 2 aromatic rings. The van der Waals surface area contributed by atoms with Crippen molar-refractivity contribution in [2.45, 2.75) is 63.8 Å². The lowest BCUT2D eigenvalue weighted by molar-refractivity contribution is 0.0905. The summed E-state index contributed by atoms with van der Waals surface area (Å²) >= 11 is 0. The smallest absolute Gasteiger partial charge is 0.231 e. The minimum absolute atomic E-state index is 0. The summed E-state index contributed by atoms with van der Waals surface area (Å²) in [7, 11) is 0. The van der Waals surface area contributed by atoms with Gasteiger partial charge in [-0.2, -0.15) is 0 Å². The van der Waals surface area contributed by atoms with Crippen LogP contribution >= 0.6 is 12.4 Å². The number of para-hydroxylation sites is 1. The summed E-state index contributed by atoms with van der Waals surface area (Å²) in [6.45, 7) is 2.40. The molecular weight excluding hydrogens is 344 g/mol. The average Bonchev–Trinajstić information content (AvgIpc) is 2.88. The SMILES string of the molecule is Cl.O=C1CCCC2c3c(c4ccccc4n31)CCN2CC1CCCCC1. The van der Waals surface area contributed by atoms with Crippen LogP contribution in [0.2, 0.25) is 0 Å². The summed E-state index contributed by atoms with van der Waals surface area (Å²) in [6, 6.07) is 8.99. The minimum atomic E-state index is 0. The summed E-state index contributed by atoms with van der Waals surface area (Å²) < 4.78 is 2.09. The molecule has 1 aromatic carbocycles. The monoisotopic (exact) mass is 372 g/mol. The molecule has 26 heavy (non-hydrogen) atoms. The predicted octanol–water partition coefficient (Wildman–Crippen LogP) is 5.37. The molecule has 2 aliphatic heterocycles. The van der Waals surface area contributed by atoms with Gasteiger partial charge < -0.3 is 0 Å². The average molecular weight is 373 g/mol. The summed E-state index contributed by atoms with van der Waals surface area (Å²) in [5.41, 5.74) is 3.94. The van der Waals surface area contributed by atoms with Gasteiger partial charge in [0.25, 0.3) is 0 Å². The molecule has 140 valence electrons. The van der Waals surface area contributed by atoms with Crippen molar-refractivity contribution in [1.29, 1.82) is 0 Å². The van der Waals surface area contributed by atoms with Crippen LogP contribution in [0.4, 0.5) is 0 Å². The molecule has 1 aliphatic carbocycles. The molecule has 0 amide bonds. The van der Waals surface area contributed by atoms with Gasteiger partial charge in [-0.25, -0.2) is 0 Å². The first-order chi connectivity index (χ1) is 12.3. The molecule has 0 N–H and O–H groups in total. The highest BCUT2D eigenvalue weighted by Gasteiger charge is 2.36. The molecule has 1 aromatic heterocycles. The van der Waals surface area contributed by atoms with Crippen molar-refractivity contribution in [3.8, 4) is 0 Å². The Morgan fingerprint density at radius 3 is 2.62 bits per heavy atom. The molecule has 5 rings (SSSR count). The Balaban J connectivity index is 0.00000168. The second-order valence-corrected chi connectivity index (χ2v) is 8.27. The number of rotatable bonds is 2. The van der Waals surface area contributed by atoms with Gasteiger partial charge in [0.1, 0.15) is 0 Å². The Hall–Kier alpha value is -1.32. The first-order valence-corrected chi connectivity index (χ1v) is 10.2. The highest BCUT2D eigenvalue weighted by Crippen LogP contribution is 2.42. The van der Waals surface area contributed by atoms with Gasteiger partial charge in [-0.15, -0.1) is 12.4 Å². The van der Waals surface area contributed by atoms with Gasteiger partial charge in [-0.1, -0.05) is 37.5 Å². The number of carbonyl (C=O) groups is 1. The molecule has 0 saturated heterocycles. The molecule has 4 heteroatoms. The van der Waals surface area contributed by atoms with Crippen LogP contribution in [-0.4, -0.2) is 28.5 Å². The Morgan fingerprint density at radius 2 is 1.77 bits per heavy atom. The molecule has 3 heterocycles. The molecule has 0 spiro atoms. The van der Waals surface area contributed by atoms with E-state index in [9.17, 15) is 4.79 Å². The van der Waals surface area contributed by atoms with Crippen LogP contribution in [0.5, 0.6) is 0 Å². The summed E-state index contributed by atoms with van der Waals surface area (Å²) in [5.74, 6) is 1.17. The lowest BCUT2D eigenvalue weighted by Crippen LogP contribution is -2.39. The Bertz CT molecular complexity index is 806. The highest BCUT2D eigenvalue weighted by molar-refractivity contribution is 5.96. The number of carbonyl (C=O) groups excluding carboxylic acids is 1. The zero-order chi connectivity index (χ0) is 16.8. The first-order valence-electron chi connectivity index (χ1n) is 10.2. The maximum atomic E-state index is 12.9. The Kier molecular flexibility index (Phi) is 5.11. The van der Waals surface area contributed by atoms with Crippen molar-refractivity contribution in [1.82, 2.24) is 9.47 Å². The van der Waals surface area contributed by atoms with Gasteiger partial charge in [0, 0.05) is 30.6 Å². The molecule has 0 radical (unpaired) electrons. The van der Waals surface area contributed by atoms with E-state index in [2.05, 4.69) is 33.7 Å². The number of hydrogen-bond acceptors (Lipinski definition) is 2. The van der Waals surface area contributed by atoms with Crippen molar-refractivity contribution >= 4 is 29.2 Å². The van der Waals surface area contributed by atoms with E-state index < -0.39 is 0 Å². The molecule has 3 aliphatic rings. The van der Waals surface area contributed by atoms with Gasteiger partial charge in [0.2, 0.25) is 5.91 Å². The number of benzene rings is 1. The number of aromatic nitrogens is 1. The van der Waals surface area contributed by atoms with E-state index >= 15 is 0 Å². The number of nitrogens with zero attached hydrogens (tertiary/aromatic N) is 2. The van der Waals surface area contributed by atoms with E-state index in [1.165, 1.54) is 55.3 Å². The lowest BCUT2D eigenvalue weighted by atomic mass is 9.87. The fraction of sp³-hybridized carbons (Fsp3) is 0.591. The van der Waals surface area contributed by atoms with Crippen molar-refractivity contribution < 1.29 is 4.79 Å². The van der Waals surface area contributed by atoms with Gasteiger partial charge in [-0.05, 0) is 49.7 Å². The van der Waals surface area contributed by atoms with E-state index in [0.29, 0.717) is 18.4 Å². The zero-order valence-electron chi connectivity index (χ0n) is 15.5. The quantitative estimate of drug-likeness (QED) is 0.708. The van der Waals surface area contributed by atoms with E-state index in [4.69, 9.17) is 0 Å². The van der Waals surface area contributed by atoms with Crippen molar-refractivity contribution in [3.63, 3.8) is 0 Å². The lowest BCUT2D eigenvalue weighted by Gasteiger charge is -2.39. The van der Waals surface area contributed by atoms with Crippen molar-refractivity contribution in [2.75, 3.05) is 13.1 Å². The number of hydrogen-bond donors (Lipinski definition) is 0. The van der Waals surface area contributed by atoms with E-state index in [1.807, 2.05) is 0 Å². The van der Waals surface area contributed by atoms with Gasteiger partial charge >= 0.3 is 0 Å². The predicted molar refractivity (Wildman–Crippen MR) is 108 cm³/mol. The molecular formula is C22H29ClN2O. The topological polar surface area (TPSA) is 25.2 Å². The number of fused-ring (bicyclic) bond motifs is 3. The third-order valence-electron chi connectivity index (χ3n) is 6.76. The van der Waals surface area contributed by atoms with Crippen molar-refractivity contribution in [3.05, 3.63) is 35.5 Å². The maximum Gasteiger partial charge on any atom is 0.231 e. The van der Waals surface area contributed by atoms with Gasteiger partial charge in [-0.3, -0.25) is 14.3 Å². The third-order valence-corrected chi connectivity index (χ3v) is 6.76. The standard InChI is InChI=1S/C22H28N2O.ClH/c25-21-12-6-11-20-22-18(17-9-4-5-10-19(17)24(21)22)13-14-23(20)15-16-7-2-1-3-8-16;/h4-5,9-10,16,20H,1-3,6-8,11-15H2;1H. The maximum absolute atomic E-state index is 12.9. The normalized spacial score (nSPS) is 24.2. The molecule has 1 saturated carbocycles. The minimum Gasteiger partial charge on any atom is -0.294 e. The first kappa shape index (κ1) is 18.1. The molecule has 1 fully saturated rings. The molecule has 1 atom stereocenters. The third kappa shape index (κ3) is 2.90. The van der Waals surface area contributed by atoms with Gasteiger partial charge in [0.15, 0.2) is 0 Å². The van der Waals surface area contributed by atoms with E-state index in [0.717, 1.165) is 37.2 Å². The van der Waals surface area contributed by atoms with Crippen molar-refractivity contribution in [2.24, 2.45) is 5.92 Å². The van der Waals surface area contributed by atoms with E-state index in [-0.39, 0.29) is 12.4 Å². The molecule has 3 nitrogen and oxygen atoms in total. The largest absolute Gasteiger partial charge is 0.294 e. The van der Waals surface area contributed by atoms with Crippen LogP contribution in [-0.2, 0) is 6.42 Å². The van der Waals surface area contributed by atoms with Crippen LogP contribution in [0.1, 0.15) is 73.5 Å². The Labute approximate surface area is 162 Å². The van der Waals surface area contributed by atoms with Crippen LogP contribution in [0.25, 0.3) is 10.9 Å². The fourth-order valence-electron chi connectivity index (χ4n) is 5.59. The summed E-state index contributed by atoms with van der Waals surface area (Å²) in [4.78, 5) is 15.6. The summed E-state index contributed by atoms with van der Waals surface area (Å²) in [5, 5.41) is 1.31. The molecule has 1 unspecified atom stereocenters. The fourth-order valence-corrected chi connectivity index (χ4v) is 5.59. The Morgan fingerprint density at radius 1 is 0.962 bits per heavy atom. The highest BCUT2D eigenvalue weighted by atomic mass is 35.5. The van der Waals surface area contributed by atoms with Crippen LogP contribution < -0.4 is 0 Å². The second-order valence-electron chi connectivity index (χ2n) is 8.27. The van der Waals surface area contributed by atoms with Crippen LogP contribution in [0.3, 0.4) is 0 Å². The second kappa shape index (κ2) is 7.36. The zero-order valence-corrected chi connectivity index (χ0v) is 16.3. The van der Waals surface area contributed by atoms with Gasteiger partial charge in [0.05, 0.1) is 11.6 Å². The molecule has 0 bridgehead atoms. The van der Waals surface area contributed by atoms with Crippen LogP contribution in [0, 0.1) is 5.92 Å². The summed E-state index contributed by atoms with van der Waals surface area (Å²) in [6.07, 6.45) is 11.0. The number of halogens is 1. The van der Waals surface area contributed by atoms with Crippen LogP contribution in [0.15, 0.2) is 24.3 Å². The van der Waals surface area contributed by atoms with E-state index in [1.54, 1.807) is 0 Å².